The van der Waals surface area contributed by atoms with Gasteiger partial charge in [0.1, 0.15) is 5.75 Å². The molecule has 0 aliphatic carbocycles. The number of phenolic OH excluding ortho intramolecular Hbond substituents is 1. The fourth-order valence-corrected chi connectivity index (χ4v) is 2.74. The Morgan fingerprint density at radius 1 is 0.913 bits per heavy atom. The summed E-state index contributed by atoms with van der Waals surface area (Å²) in [6.45, 7) is 1.78. The molecule has 0 spiro atoms. The van der Waals surface area contributed by atoms with Gasteiger partial charge in [0.2, 0.25) is 5.56 Å². The molecule has 3 rings (SSSR count). The van der Waals surface area contributed by atoms with Crippen molar-refractivity contribution >= 4 is 10.9 Å². The maximum absolute atomic E-state index is 11.4. The van der Waals surface area contributed by atoms with Gasteiger partial charge in [-0.15, -0.1) is 0 Å². The molecule has 0 bridgehead atoms. The van der Waals surface area contributed by atoms with Gasteiger partial charge in [-0.1, -0.05) is 36.4 Å². The largest absolute Gasteiger partial charge is 0.506 e. The number of aromatic amines is 1. The van der Waals surface area contributed by atoms with Gasteiger partial charge < -0.3 is 15.4 Å². The van der Waals surface area contributed by atoms with Crippen molar-refractivity contribution in [3.63, 3.8) is 0 Å². The molecular formula is C19H20N2O2. The molecule has 0 unspecified atom stereocenters. The first-order valence-electron chi connectivity index (χ1n) is 7.82. The van der Waals surface area contributed by atoms with Crippen LogP contribution in [0.1, 0.15) is 11.1 Å². The summed E-state index contributed by atoms with van der Waals surface area (Å²) in [5.74, 6) is 0.110. The summed E-state index contributed by atoms with van der Waals surface area (Å²) in [5.41, 5.74) is 2.75. The zero-order chi connectivity index (χ0) is 16.1. The Bertz CT molecular complexity index is 841. The molecule has 3 N–H and O–H groups in total. The first-order chi connectivity index (χ1) is 11.2. The monoisotopic (exact) mass is 308 g/mol. The first kappa shape index (κ1) is 15.3. The summed E-state index contributed by atoms with van der Waals surface area (Å²) in [5, 5.41) is 14.2. The summed E-state index contributed by atoms with van der Waals surface area (Å²) < 4.78 is 0. The molecule has 0 radical (unpaired) electrons. The minimum Gasteiger partial charge on any atom is -0.506 e. The van der Waals surface area contributed by atoms with E-state index in [9.17, 15) is 9.90 Å². The van der Waals surface area contributed by atoms with Gasteiger partial charge in [0.25, 0.3) is 0 Å². The van der Waals surface area contributed by atoms with Gasteiger partial charge in [-0.2, -0.15) is 0 Å². The lowest BCUT2D eigenvalue weighted by Gasteiger charge is -2.09. The van der Waals surface area contributed by atoms with E-state index in [1.807, 2.05) is 12.1 Å². The predicted molar refractivity (Wildman–Crippen MR) is 93.0 cm³/mol. The lowest BCUT2D eigenvalue weighted by molar-refractivity contribution is 0.480. The molecular weight excluding hydrogens is 288 g/mol. The second kappa shape index (κ2) is 7.11. The third kappa shape index (κ3) is 3.79. The molecule has 3 aromatic rings. The van der Waals surface area contributed by atoms with Crippen molar-refractivity contribution in [2.75, 3.05) is 13.1 Å². The molecule has 1 heterocycles. The van der Waals surface area contributed by atoms with Crippen LogP contribution in [-0.2, 0) is 12.8 Å². The zero-order valence-corrected chi connectivity index (χ0v) is 12.9. The first-order valence-corrected chi connectivity index (χ1v) is 7.82. The second-order valence-corrected chi connectivity index (χ2v) is 5.59. The predicted octanol–water partition coefficient (Wildman–Crippen LogP) is 2.61. The van der Waals surface area contributed by atoms with Crippen LogP contribution in [0.3, 0.4) is 0 Å². The van der Waals surface area contributed by atoms with Gasteiger partial charge in [-0.3, -0.25) is 4.79 Å². The topological polar surface area (TPSA) is 65.1 Å². The lowest BCUT2D eigenvalue weighted by atomic mass is 10.0. The van der Waals surface area contributed by atoms with Gasteiger partial charge in [0.15, 0.2) is 0 Å². The molecule has 0 saturated carbocycles. The highest BCUT2D eigenvalue weighted by Gasteiger charge is 2.06. The molecule has 0 fully saturated rings. The van der Waals surface area contributed by atoms with Crippen LogP contribution < -0.4 is 10.9 Å². The Morgan fingerprint density at radius 3 is 2.52 bits per heavy atom. The normalized spacial score (nSPS) is 11.0. The number of nitrogens with one attached hydrogen (secondary N) is 2. The lowest BCUT2D eigenvalue weighted by Crippen LogP contribution is -2.20. The summed E-state index contributed by atoms with van der Waals surface area (Å²) in [6, 6.07) is 17.2. The SMILES string of the molecule is O=c1ccc2c(CCNCCc3ccccc3)ccc(O)c2[nH]1. The smallest absolute Gasteiger partial charge is 0.248 e. The average molecular weight is 308 g/mol. The molecule has 0 aliphatic rings. The van der Waals surface area contributed by atoms with E-state index in [-0.39, 0.29) is 11.3 Å². The number of rotatable bonds is 6. The number of pyridine rings is 1. The quantitative estimate of drug-likeness (QED) is 0.613. The minimum absolute atomic E-state index is 0.110. The van der Waals surface area contributed by atoms with Gasteiger partial charge in [0, 0.05) is 11.5 Å². The molecule has 0 aliphatic heterocycles. The van der Waals surface area contributed by atoms with Crippen molar-refractivity contribution in [1.82, 2.24) is 10.3 Å². The third-order valence-corrected chi connectivity index (χ3v) is 3.97. The van der Waals surface area contributed by atoms with Crippen LogP contribution >= 0.6 is 0 Å². The van der Waals surface area contributed by atoms with Gasteiger partial charge in [-0.05, 0) is 49.2 Å². The maximum atomic E-state index is 11.4. The Kier molecular flexibility index (Phi) is 4.74. The summed E-state index contributed by atoms with van der Waals surface area (Å²) in [6.07, 6.45) is 1.85. The standard InChI is InChI=1S/C19H20N2O2/c22-17-8-6-15(16-7-9-18(23)21-19(16)17)11-13-20-12-10-14-4-2-1-3-5-14/h1-9,20,22H,10-13H2,(H,21,23). The molecule has 4 nitrogen and oxygen atoms in total. The zero-order valence-electron chi connectivity index (χ0n) is 12.9. The number of aromatic nitrogens is 1. The van der Waals surface area contributed by atoms with Crippen molar-refractivity contribution in [2.24, 2.45) is 0 Å². The highest BCUT2D eigenvalue weighted by molar-refractivity contribution is 5.87. The van der Waals surface area contributed by atoms with E-state index < -0.39 is 0 Å². The van der Waals surface area contributed by atoms with E-state index >= 15 is 0 Å². The van der Waals surface area contributed by atoms with Crippen LogP contribution in [0.2, 0.25) is 0 Å². The van der Waals surface area contributed by atoms with E-state index in [4.69, 9.17) is 0 Å². The summed E-state index contributed by atoms with van der Waals surface area (Å²) in [4.78, 5) is 14.1. The second-order valence-electron chi connectivity index (χ2n) is 5.59. The molecule has 23 heavy (non-hydrogen) atoms. The van der Waals surface area contributed by atoms with Crippen LogP contribution in [0.4, 0.5) is 0 Å². The van der Waals surface area contributed by atoms with Crippen LogP contribution in [0.15, 0.2) is 59.4 Å². The molecule has 118 valence electrons. The van der Waals surface area contributed by atoms with Crippen molar-refractivity contribution < 1.29 is 5.11 Å². The van der Waals surface area contributed by atoms with Crippen molar-refractivity contribution in [1.29, 1.82) is 0 Å². The molecule has 4 heteroatoms. The van der Waals surface area contributed by atoms with Gasteiger partial charge in [0.05, 0.1) is 5.52 Å². The Labute approximate surface area is 134 Å². The van der Waals surface area contributed by atoms with E-state index in [2.05, 4.69) is 34.6 Å². The van der Waals surface area contributed by atoms with Crippen LogP contribution in [0.25, 0.3) is 10.9 Å². The number of benzene rings is 2. The van der Waals surface area contributed by atoms with Crippen LogP contribution in [0.5, 0.6) is 5.75 Å². The Morgan fingerprint density at radius 2 is 1.70 bits per heavy atom. The van der Waals surface area contributed by atoms with Crippen LogP contribution in [0, 0.1) is 0 Å². The van der Waals surface area contributed by atoms with E-state index in [1.54, 1.807) is 12.1 Å². The molecule has 0 amide bonds. The van der Waals surface area contributed by atoms with E-state index in [1.165, 1.54) is 11.6 Å². The Hall–Kier alpha value is -2.59. The average Bonchev–Trinajstić information content (AvgIpc) is 2.58. The third-order valence-electron chi connectivity index (χ3n) is 3.97. The molecule has 1 aromatic heterocycles. The van der Waals surface area contributed by atoms with Gasteiger partial charge >= 0.3 is 0 Å². The van der Waals surface area contributed by atoms with Crippen molar-refractivity contribution in [2.45, 2.75) is 12.8 Å². The molecule has 2 aromatic carbocycles. The van der Waals surface area contributed by atoms with E-state index in [0.717, 1.165) is 36.9 Å². The highest BCUT2D eigenvalue weighted by Crippen LogP contribution is 2.24. The number of H-pyrrole nitrogens is 1. The number of hydrogen-bond donors (Lipinski definition) is 3. The fourth-order valence-electron chi connectivity index (χ4n) is 2.74. The summed E-state index contributed by atoms with van der Waals surface area (Å²) in [7, 11) is 0. The van der Waals surface area contributed by atoms with Crippen LogP contribution in [-0.4, -0.2) is 23.2 Å². The summed E-state index contributed by atoms with van der Waals surface area (Å²) >= 11 is 0. The number of phenols is 1. The number of fused-ring (bicyclic) bond motifs is 1. The number of hydrogen-bond acceptors (Lipinski definition) is 3. The molecule has 0 saturated heterocycles. The fraction of sp³-hybridized carbons (Fsp3) is 0.211. The Balaban J connectivity index is 1.59. The molecule has 0 atom stereocenters. The number of aromatic hydroxyl groups is 1. The van der Waals surface area contributed by atoms with E-state index in [0.29, 0.717) is 5.52 Å². The van der Waals surface area contributed by atoms with Crippen molar-refractivity contribution in [3.8, 4) is 5.75 Å². The highest BCUT2D eigenvalue weighted by atomic mass is 16.3. The minimum atomic E-state index is -0.203. The van der Waals surface area contributed by atoms with Gasteiger partial charge in [-0.25, -0.2) is 0 Å². The maximum Gasteiger partial charge on any atom is 0.248 e. The van der Waals surface area contributed by atoms with Crippen molar-refractivity contribution in [3.05, 3.63) is 76.1 Å².